The summed E-state index contributed by atoms with van der Waals surface area (Å²) in [7, 11) is 0. The molecule has 6 heteroatoms. The summed E-state index contributed by atoms with van der Waals surface area (Å²) in [5.74, 6) is 0. The minimum Gasteiger partial charge on any atom is -0.396 e. The zero-order valence-corrected chi connectivity index (χ0v) is 12.4. The van der Waals surface area contributed by atoms with Gasteiger partial charge in [-0.05, 0) is 18.6 Å². The summed E-state index contributed by atoms with van der Waals surface area (Å²) in [6.45, 7) is 2.52. The molecule has 0 spiro atoms. The van der Waals surface area contributed by atoms with Crippen molar-refractivity contribution in [3.8, 4) is 0 Å². The summed E-state index contributed by atoms with van der Waals surface area (Å²) < 4.78 is 1.69. The highest BCUT2D eigenvalue weighted by molar-refractivity contribution is 6.32. The largest absolute Gasteiger partial charge is 0.396 e. The van der Waals surface area contributed by atoms with Gasteiger partial charge in [-0.3, -0.25) is 0 Å². The first kappa shape index (κ1) is 14.0. The maximum absolute atomic E-state index is 8.91. The van der Waals surface area contributed by atoms with Gasteiger partial charge in [0.25, 0.3) is 0 Å². The topological polar surface area (TPSA) is 63.8 Å². The Kier molecular flexibility index (Phi) is 3.86. The van der Waals surface area contributed by atoms with E-state index in [2.05, 4.69) is 15.3 Å². The van der Waals surface area contributed by atoms with Gasteiger partial charge in [0.15, 0.2) is 0 Å². The molecule has 21 heavy (non-hydrogen) atoms. The maximum atomic E-state index is 8.91. The molecule has 1 N–H and O–H groups in total. The van der Waals surface area contributed by atoms with Crippen LogP contribution in [0.25, 0.3) is 10.9 Å². The van der Waals surface area contributed by atoms with Crippen LogP contribution in [0, 0.1) is 6.92 Å². The SMILES string of the molecule is Cc1c(Cl)c(Cn2cc(CCO)nn2)nc2ccccc12. The number of aliphatic hydroxyl groups excluding tert-OH is 1. The number of nitrogens with zero attached hydrogens (tertiary/aromatic N) is 4. The molecule has 0 saturated heterocycles. The van der Waals surface area contributed by atoms with Crippen LogP contribution in [0.4, 0.5) is 0 Å². The van der Waals surface area contributed by atoms with Crippen molar-refractivity contribution in [3.63, 3.8) is 0 Å². The number of pyridine rings is 1. The van der Waals surface area contributed by atoms with Crippen molar-refractivity contribution < 1.29 is 5.11 Å². The Morgan fingerprint density at radius 1 is 1.29 bits per heavy atom. The average Bonchev–Trinajstić information content (AvgIpc) is 2.92. The van der Waals surface area contributed by atoms with Crippen molar-refractivity contribution in [3.05, 3.63) is 52.4 Å². The average molecular weight is 303 g/mol. The summed E-state index contributed by atoms with van der Waals surface area (Å²) in [5, 5.41) is 18.7. The van der Waals surface area contributed by atoms with Crippen molar-refractivity contribution in [2.24, 2.45) is 0 Å². The van der Waals surface area contributed by atoms with Gasteiger partial charge in [-0.1, -0.05) is 35.0 Å². The number of hydrogen-bond donors (Lipinski definition) is 1. The predicted octanol–water partition coefficient (Wildman–Crippen LogP) is 2.37. The van der Waals surface area contributed by atoms with Gasteiger partial charge < -0.3 is 5.11 Å². The minimum atomic E-state index is 0.0623. The van der Waals surface area contributed by atoms with Crippen molar-refractivity contribution in [1.29, 1.82) is 0 Å². The fourth-order valence-electron chi connectivity index (χ4n) is 2.32. The van der Waals surface area contributed by atoms with Crippen molar-refractivity contribution in [2.75, 3.05) is 6.61 Å². The molecular weight excluding hydrogens is 288 g/mol. The molecule has 0 aliphatic rings. The first-order valence-corrected chi connectivity index (χ1v) is 7.10. The number of rotatable bonds is 4. The highest BCUT2D eigenvalue weighted by atomic mass is 35.5. The third-order valence-corrected chi connectivity index (χ3v) is 3.91. The Bertz CT molecular complexity index is 784. The molecule has 0 radical (unpaired) electrons. The minimum absolute atomic E-state index is 0.0623. The molecule has 2 heterocycles. The molecule has 2 aromatic heterocycles. The molecule has 5 nitrogen and oxygen atoms in total. The van der Waals surface area contributed by atoms with E-state index < -0.39 is 0 Å². The Morgan fingerprint density at radius 2 is 2.10 bits per heavy atom. The van der Waals surface area contributed by atoms with Gasteiger partial charge in [0, 0.05) is 24.6 Å². The van der Waals surface area contributed by atoms with Gasteiger partial charge in [-0.25, -0.2) is 9.67 Å². The van der Waals surface area contributed by atoms with Gasteiger partial charge in [-0.15, -0.1) is 5.10 Å². The van der Waals surface area contributed by atoms with E-state index in [-0.39, 0.29) is 6.61 Å². The van der Waals surface area contributed by atoms with Crippen LogP contribution in [0.1, 0.15) is 17.0 Å². The third kappa shape index (κ3) is 2.75. The number of aromatic nitrogens is 4. The highest BCUT2D eigenvalue weighted by Gasteiger charge is 2.11. The van der Waals surface area contributed by atoms with Crippen LogP contribution >= 0.6 is 11.6 Å². The van der Waals surface area contributed by atoms with Gasteiger partial charge in [-0.2, -0.15) is 0 Å². The van der Waals surface area contributed by atoms with Crippen LogP contribution in [-0.2, 0) is 13.0 Å². The fourth-order valence-corrected chi connectivity index (χ4v) is 2.52. The molecule has 1 aromatic carbocycles. The second-order valence-electron chi connectivity index (χ2n) is 4.90. The van der Waals surface area contributed by atoms with E-state index in [1.54, 1.807) is 10.9 Å². The van der Waals surface area contributed by atoms with Gasteiger partial charge in [0.05, 0.1) is 28.5 Å². The van der Waals surface area contributed by atoms with Crippen LogP contribution in [0.2, 0.25) is 5.02 Å². The molecule has 3 rings (SSSR count). The number of halogens is 1. The lowest BCUT2D eigenvalue weighted by Crippen LogP contribution is -2.05. The monoisotopic (exact) mass is 302 g/mol. The molecule has 0 saturated carbocycles. The molecule has 0 bridgehead atoms. The summed E-state index contributed by atoms with van der Waals surface area (Å²) in [6.07, 6.45) is 2.30. The molecule has 0 aliphatic carbocycles. The Morgan fingerprint density at radius 3 is 2.90 bits per heavy atom. The number of hydrogen-bond acceptors (Lipinski definition) is 4. The molecule has 108 valence electrons. The quantitative estimate of drug-likeness (QED) is 0.803. The van der Waals surface area contributed by atoms with Crippen molar-refractivity contribution in [2.45, 2.75) is 19.9 Å². The standard InChI is InChI=1S/C15H15ClN4O/c1-10-12-4-2-3-5-13(12)17-14(15(10)16)9-20-8-11(6-7-21)18-19-20/h2-5,8,21H,6-7,9H2,1H3. The molecule has 0 unspecified atom stereocenters. The van der Waals surface area contributed by atoms with Gasteiger partial charge in [0.2, 0.25) is 0 Å². The summed E-state index contributed by atoms with van der Waals surface area (Å²) in [4.78, 5) is 4.62. The number of para-hydroxylation sites is 1. The Balaban J connectivity index is 1.97. The molecule has 0 amide bonds. The Hall–Kier alpha value is -1.98. The van der Waals surface area contributed by atoms with E-state index in [0.717, 1.165) is 27.9 Å². The molecule has 0 atom stereocenters. The first-order chi connectivity index (χ1) is 10.2. The zero-order valence-electron chi connectivity index (χ0n) is 11.6. The van der Waals surface area contributed by atoms with Crippen LogP contribution in [0.3, 0.4) is 0 Å². The van der Waals surface area contributed by atoms with Gasteiger partial charge >= 0.3 is 0 Å². The van der Waals surface area contributed by atoms with E-state index in [4.69, 9.17) is 16.7 Å². The number of benzene rings is 1. The maximum Gasteiger partial charge on any atom is 0.0864 e. The molecule has 0 aliphatic heterocycles. The predicted molar refractivity (Wildman–Crippen MR) is 81.4 cm³/mol. The lowest BCUT2D eigenvalue weighted by atomic mass is 10.1. The highest BCUT2D eigenvalue weighted by Crippen LogP contribution is 2.27. The smallest absolute Gasteiger partial charge is 0.0864 e. The van der Waals surface area contributed by atoms with Crippen LogP contribution < -0.4 is 0 Å². The van der Waals surface area contributed by atoms with E-state index in [1.807, 2.05) is 31.2 Å². The normalized spacial score (nSPS) is 11.2. The van der Waals surface area contributed by atoms with Crippen LogP contribution in [0.5, 0.6) is 0 Å². The molecular formula is C15H15ClN4O. The van der Waals surface area contributed by atoms with E-state index >= 15 is 0 Å². The third-order valence-electron chi connectivity index (χ3n) is 3.41. The lowest BCUT2D eigenvalue weighted by Gasteiger charge is -2.09. The van der Waals surface area contributed by atoms with E-state index in [0.29, 0.717) is 18.0 Å². The first-order valence-electron chi connectivity index (χ1n) is 6.72. The van der Waals surface area contributed by atoms with Gasteiger partial charge in [0.1, 0.15) is 0 Å². The number of aliphatic hydroxyl groups is 1. The summed E-state index contributed by atoms with van der Waals surface area (Å²) >= 11 is 6.43. The van der Waals surface area contributed by atoms with Crippen molar-refractivity contribution in [1.82, 2.24) is 20.0 Å². The van der Waals surface area contributed by atoms with Crippen molar-refractivity contribution >= 4 is 22.5 Å². The number of aryl methyl sites for hydroxylation is 1. The summed E-state index contributed by atoms with van der Waals surface area (Å²) in [6, 6.07) is 7.93. The van der Waals surface area contributed by atoms with E-state index in [1.165, 1.54) is 0 Å². The Labute approximate surface area is 127 Å². The lowest BCUT2D eigenvalue weighted by molar-refractivity contribution is 0.298. The molecule has 3 aromatic rings. The van der Waals surface area contributed by atoms with Crippen LogP contribution in [-0.4, -0.2) is 31.7 Å². The second-order valence-corrected chi connectivity index (χ2v) is 5.27. The number of fused-ring (bicyclic) bond motifs is 1. The van der Waals surface area contributed by atoms with Crippen LogP contribution in [0.15, 0.2) is 30.5 Å². The summed E-state index contributed by atoms with van der Waals surface area (Å²) in [5.41, 5.74) is 3.47. The van der Waals surface area contributed by atoms with E-state index in [9.17, 15) is 0 Å². The zero-order chi connectivity index (χ0) is 14.8. The fraction of sp³-hybridized carbons (Fsp3) is 0.267. The second kappa shape index (κ2) is 5.79. The molecule has 0 fully saturated rings.